The minimum absolute atomic E-state index is 0.0966. The van der Waals surface area contributed by atoms with Crippen LogP contribution < -0.4 is 5.32 Å². The molecule has 1 saturated heterocycles. The fourth-order valence-electron chi connectivity index (χ4n) is 2.67. The Morgan fingerprint density at radius 2 is 1.81 bits per heavy atom. The number of nitrogens with one attached hydrogen (secondary N) is 1. The van der Waals surface area contributed by atoms with E-state index in [9.17, 15) is 19.2 Å². The summed E-state index contributed by atoms with van der Waals surface area (Å²) in [5.74, 6) is -2.03. The van der Waals surface area contributed by atoms with Gasteiger partial charge in [-0.2, -0.15) is 0 Å². The van der Waals surface area contributed by atoms with Crippen molar-refractivity contribution in [1.29, 1.82) is 0 Å². The third kappa shape index (κ3) is 1.91. The van der Waals surface area contributed by atoms with Crippen LogP contribution in [0.2, 0.25) is 0 Å². The van der Waals surface area contributed by atoms with Gasteiger partial charge in [-0.3, -0.25) is 29.4 Å². The molecule has 1 aromatic carbocycles. The van der Waals surface area contributed by atoms with Crippen molar-refractivity contribution in [3.05, 3.63) is 33.8 Å². The Labute approximate surface area is 128 Å². The summed E-state index contributed by atoms with van der Waals surface area (Å²) in [6.45, 7) is 1.51. The first-order valence-electron chi connectivity index (χ1n) is 6.37. The van der Waals surface area contributed by atoms with E-state index in [1.165, 1.54) is 6.92 Å². The fraction of sp³-hybridized carbons (Fsp3) is 0.286. The van der Waals surface area contributed by atoms with Gasteiger partial charge in [-0.1, -0.05) is 15.9 Å². The van der Waals surface area contributed by atoms with Crippen LogP contribution in [0.1, 0.15) is 40.5 Å². The maximum Gasteiger partial charge on any atom is 0.262 e. The summed E-state index contributed by atoms with van der Waals surface area (Å²) in [5, 5.41) is 2.19. The van der Waals surface area contributed by atoms with Crippen LogP contribution in [-0.4, -0.2) is 34.1 Å². The largest absolute Gasteiger partial charge is 0.294 e. The number of hydrogen-bond acceptors (Lipinski definition) is 4. The molecule has 0 radical (unpaired) electrons. The van der Waals surface area contributed by atoms with Crippen molar-refractivity contribution >= 4 is 39.6 Å². The van der Waals surface area contributed by atoms with E-state index in [0.717, 1.165) is 4.90 Å². The summed E-state index contributed by atoms with van der Waals surface area (Å²) < 4.78 is 0.678. The predicted octanol–water partition coefficient (Wildman–Crippen LogP) is 1.24. The second kappa shape index (κ2) is 4.49. The molecular weight excluding hydrogens is 340 g/mol. The van der Waals surface area contributed by atoms with Crippen LogP contribution >= 0.6 is 15.9 Å². The van der Waals surface area contributed by atoms with Gasteiger partial charge in [-0.05, 0) is 31.5 Å². The highest BCUT2D eigenvalue weighted by Crippen LogP contribution is 2.34. The Bertz CT molecular complexity index is 715. The lowest BCUT2D eigenvalue weighted by Crippen LogP contribution is -2.62. The number of imide groups is 2. The van der Waals surface area contributed by atoms with Crippen molar-refractivity contribution in [2.45, 2.75) is 25.3 Å². The van der Waals surface area contributed by atoms with Gasteiger partial charge < -0.3 is 0 Å². The molecule has 0 aliphatic carbocycles. The molecule has 2 aliphatic rings. The molecule has 4 amide bonds. The molecular formula is C14H11BrN2O4. The second-order valence-corrected chi connectivity index (χ2v) is 6.20. The first kappa shape index (κ1) is 13.9. The van der Waals surface area contributed by atoms with Gasteiger partial charge in [0.2, 0.25) is 5.91 Å². The number of amides is 4. The normalized spacial score (nSPS) is 25.1. The second-order valence-electron chi connectivity index (χ2n) is 5.29. The highest BCUT2D eigenvalue weighted by Gasteiger charge is 2.52. The Kier molecular flexibility index (Phi) is 2.98. The third-order valence-corrected chi connectivity index (χ3v) is 4.42. The van der Waals surface area contributed by atoms with Gasteiger partial charge in [0, 0.05) is 10.9 Å². The number of carbonyl (C=O) groups is 4. The zero-order valence-electron chi connectivity index (χ0n) is 11.1. The van der Waals surface area contributed by atoms with Crippen LogP contribution in [0.4, 0.5) is 0 Å². The first-order valence-corrected chi connectivity index (χ1v) is 7.16. The lowest BCUT2D eigenvalue weighted by Gasteiger charge is -2.38. The maximum absolute atomic E-state index is 12.5. The molecule has 1 aromatic rings. The highest BCUT2D eigenvalue weighted by molar-refractivity contribution is 9.10. The van der Waals surface area contributed by atoms with Crippen LogP contribution in [-0.2, 0) is 9.59 Å². The Hall–Kier alpha value is -2.02. The van der Waals surface area contributed by atoms with E-state index in [1.807, 2.05) is 0 Å². The monoisotopic (exact) mass is 350 g/mol. The van der Waals surface area contributed by atoms with Gasteiger partial charge in [0.1, 0.15) is 5.54 Å². The van der Waals surface area contributed by atoms with Gasteiger partial charge in [0.15, 0.2) is 0 Å². The summed E-state index contributed by atoms with van der Waals surface area (Å²) in [5.41, 5.74) is -0.803. The van der Waals surface area contributed by atoms with Crippen LogP contribution in [0.3, 0.4) is 0 Å². The Balaban J connectivity index is 2.05. The molecule has 108 valence electrons. The molecule has 0 spiro atoms. The number of carbonyl (C=O) groups excluding carboxylic acids is 4. The molecule has 0 aromatic heterocycles. The summed E-state index contributed by atoms with van der Waals surface area (Å²) in [7, 11) is 0. The summed E-state index contributed by atoms with van der Waals surface area (Å²) in [4.78, 5) is 49.4. The van der Waals surface area contributed by atoms with E-state index in [-0.39, 0.29) is 24.0 Å². The van der Waals surface area contributed by atoms with Crippen molar-refractivity contribution in [1.82, 2.24) is 10.2 Å². The molecule has 7 heteroatoms. The molecule has 2 aliphatic heterocycles. The van der Waals surface area contributed by atoms with Crippen molar-refractivity contribution in [2.24, 2.45) is 0 Å². The molecule has 1 fully saturated rings. The number of fused-ring (bicyclic) bond motifs is 1. The number of hydrogen-bond donors (Lipinski definition) is 1. The zero-order valence-corrected chi connectivity index (χ0v) is 12.7. The summed E-state index contributed by atoms with van der Waals surface area (Å²) in [6, 6.07) is 4.78. The van der Waals surface area contributed by atoms with E-state index in [1.54, 1.807) is 18.2 Å². The highest BCUT2D eigenvalue weighted by atomic mass is 79.9. The van der Waals surface area contributed by atoms with Gasteiger partial charge in [-0.15, -0.1) is 0 Å². The van der Waals surface area contributed by atoms with Crippen molar-refractivity contribution in [2.75, 3.05) is 0 Å². The minimum atomic E-state index is -1.34. The van der Waals surface area contributed by atoms with Gasteiger partial charge in [0.25, 0.3) is 17.7 Å². The average molecular weight is 351 g/mol. The lowest BCUT2D eigenvalue weighted by molar-refractivity contribution is -0.140. The topological polar surface area (TPSA) is 83.6 Å². The molecule has 0 saturated carbocycles. The standard InChI is InChI=1S/C14H11BrN2O4/c1-14(5-4-10(18)16-13(14)21)17-11(19)8-3-2-7(15)6-9(8)12(17)20/h2-3,6H,4-5H2,1H3,(H,16,18,21). The number of halogens is 1. The van der Waals surface area contributed by atoms with Crippen LogP contribution in [0.25, 0.3) is 0 Å². The maximum atomic E-state index is 12.5. The quantitative estimate of drug-likeness (QED) is 0.772. The molecule has 6 nitrogen and oxygen atoms in total. The fourth-order valence-corrected chi connectivity index (χ4v) is 3.03. The van der Waals surface area contributed by atoms with Crippen LogP contribution in [0.5, 0.6) is 0 Å². The smallest absolute Gasteiger partial charge is 0.262 e. The Morgan fingerprint density at radius 3 is 2.48 bits per heavy atom. The number of piperidine rings is 1. The molecule has 21 heavy (non-hydrogen) atoms. The van der Waals surface area contributed by atoms with E-state index in [2.05, 4.69) is 21.2 Å². The first-order chi connectivity index (χ1) is 9.84. The number of benzene rings is 1. The molecule has 1 unspecified atom stereocenters. The van der Waals surface area contributed by atoms with E-state index in [4.69, 9.17) is 0 Å². The van der Waals surface area contributed by atoms with Crippen molar-refractivity contribution < 1.29 is 19.2 Å². The molecule has 1 atom stereocenters. The molecule has 3 rings (SSSR count). The van der Waals surface area contributed by atoms with Crippen LogP contribution in [0, 0.1) is 0 Å². The Morgan fingerprint density at radius 1 is 1.14 bits per heavy atom. The molecule has 0 bridgehead atoms. The summed E-state index contributed by atoms with van der Waals surface area (Å²) >= 11 is 3.26. The lowest BCUT2D eigenvalue weighted by atomic mass is 9.89. The van der Waals surface area contributed by atoms with E-state index in [0.29, 0.717) is 4.47 Å². The van der Waals surface area contributed by atoms with Crippen molar-refractivity contribution in [3.63, 3.8) is 0 Å². The SMILES string of the molecule is CC1(N2C(=O)c3ccc(Br)cc3C2=O)CCC(=O)NC1=O. The molecule has 1 N–H and O–H groups in total. The predicted molar refractivity (Wildman–Crippen MR) is 75.4 cm³/mol. The number of nitrogens with zero attached hydrogens (tertiary/aromatic N) is 1. The third-order valence-electron chi connectivity index (χ3n) is 3.92. The van der Waals surface area contributed by atoms with Crippen LogP contribution in [0.15, 0.2) is 22.7 Å². The minimum Gasteiger partial charge on any atom is -0.294 e. The zero-order chi connectivity index (χ0) is 15.4. The van der Waals surface area contributed by atoms with Gasteiger partial charge >= 0.3 is 0 Å². The van der Waals surface area contributed by atoms with E-state index < -0.39 is 29.2 Å². The van der Waals surface area contributed by atoms with Gasteiger partial charge in [-0.25, -0.2) is 0 Å². The van der Waals surface area contributed by atoms with Gasteiger partial charge in [0.05, 0.1) is 11.1 Å². The number of rotatable bonds is 1. The van der Waals surface area contributed by atoms with Crippen molar-refractivity contribution in [3.8, 4) is 0 Å². The summed E-state index contributed by atoms with van der Waals surface area (Å²) in [6.07, 6.45) is 0.226. The van der Waals surface area contributed by atoms with E-state index >= 15 is 0 Å². The molecule has 2 heterocycles. The average Bonchev–Trinajstić information content (AvgIpc) is 2.67.